The van der Waals surface area contributed by atoms with Gasteiger partial charge in [-0.1, -0.05) is 23.2 Å². The van der Waals surface area contributed by atoms with Gasteiger partial charge < -0.3 is 10.5 Å². The molecule has 0 spiro atoms. The highest BCUT2D eigenvalue weighted by Crippen LogP contribution is 2.28. The van der Waals surface area contributed by atoms with Crippen LogP contribution in [0.3, 0.4) is 0 Å². The molecule has 0 amide bonds. The smallest absolute Gasteiger partial charge is 0.145 e. The molecule has 0 atom stereocenters. The highest BCUT2D eigenvalue weighted by molar-refractivity contribution is 6.34. The molecule has 1 aromatic carbocycles. The zero-order chi connectivity index (χ0) is 13.0. The second-order valence-corrected chi connectivity index (χ2v) is 4.65. The normalized spacial score (nSPS) is 10.4. The summed E-state index contributed by atoms with van der Waals surface area (Å²) in [6.45, 7) is 0.578. The molecule has 0 unspecified atom stereocenters. The summed E-state index contributed by atoms with van der Waals surface area (Å²) in [7, 11) is 0. The van der Waals surface area contributed by atoms with Crippen LogP contribution < -0.4 is 10.5 Å². The number of hydrogen-bond donors (Lipinski definition) is 1. The Bertz CT molecular complexity index is 526. The number of hydrogen-bond acceptors (Lipinski definition) is 3. The Balaban J connectivity index is 2.20. The molecule has 0 fully saturated rings. The van der Waals surface area contributed by atoms with Crippen LogP contribution in [0.2, 0.25) is 10.0 Å². The standard InChI is InChI=1S/C13H12Cl2N2O/c14-10-4-11(15)6-12(5-10)18-13-3-9(1-2-16)7-17-8-13/h3-8H,1-2,16H2. The molecule has 0 aliphatic carbocycles. The van der Waals surface area contributed by atoms with Crippen molar-refractivity contribution in [2.75, 3.05) is 6.54 Å². The molecular formula is C13H12Cl2N2O. The third kappa shape index (κ3) is 3.60. The molecular weight excluding hydrogens is 271 g/mol. The predicted molar refractivity (Wildman–Crippen MR) is 73.5 cm³/mol. The summed E-state index contributed by atoms with van der Waals surface area (Å²) in [5.41, 5.74) is 6.53. The second kappa shape index (κ2) is 6.05. The SMILES string of the molecule is NCCc1cncc(Oc2cc(Cl)cc(Cl)c2)c1. The Hall–Kier alpha value is -1.29. The minimum atomic E-state index is 0.531. The molecule has 3 nitrogen and oxygen atoms in total. The van der Waals surface area contributed by atoms with Crippen molar-refractivity contribution in [2.45, 2.75) is 6.42 Å². The zero-order valence-electron chi connectivity index (χ0n) is 9.57. The molecule has 2 rings (SSSR count). The van der Waals surface area contributed by atoms with Gasteiger partial charge in [0.25, 0.3) is 0 Å². The first-order chi connectivity index (χ1) is 8.67. The van der Waals surface area contributed by atoms with Gasteiger partial charge in [-0.25, -0.2) is 0 Å². The molecule has 94 valence electrons. The van der Waals surface area contributed by atoms with Gasteiger partial charge in [-0.15, -0.1) is 0 Å². The van der Waals surface area contributed by atoms with Gasteiger partial charge in [-0.2, -0.15) is 0 Å². The third-order valence-electron chi connectivity index (χ3n) is 2.27. The van der Waals surface area contributed by atoms with Crippen LogP contribution in [0.5, 0.6) is 11.5 Å². The molecule has 2 N–H and O–H groups in total. The lowest BCUT2D eigenvalue weighted by molar-refractivity contribution is 0.479. The van der Waals surface area contributed by atoms with Gasteiger partial charge in [0.2, 0.25) is 0 Å². The molecule has 0 aliphatic heterocycles. The molecule has 5 heteroatoms. The molecule has 0 saturated heterocycles. The van der Waals surface area contributed by atoms with E-state index in [1.165, 1.54) is 0 Å². The van der Waals surface area contributed by atoms with Crippen molar-refractivity contribution < 1.29 is 4.74 Å². The molecule has 1 heterocycles. The molecule has 2 aromatic rings. The van der Waals surface area contributed by atoms with E-state index in [1.54, 1.807) is 30.6 Å². The van der Waals surface area contributed by atoms with E-state index < -0.39 is 0 Å². The summed E-state index contributed by atoms with van der Waals surface area (Å²) in [4.78, 5) is 4.10. The lowest BCUT2D eigenvalue weighted by atomic mass is 10.2. The number of nitrogens with two attached hydrogens (primary N) is 1. The monoisotopic (exact) mass is 282 g/mol. The maximum atomic E-state index is 5.90. The van der Waals surface area contributed by atoms with Crippen LogP contribution >= 0.6 is 23.2 Å². The number of halogens is 2. The molecule has 0 bridgehead atoms. The Morgan fingerprint density at radius 2 is 1.72 bits per heavy atom. The van der Waals surface area contributed by atoms with Gasteiger partial charge in [0.15, 0.2) is 0 Å². The molecule has 1 aromatic heterocycles. The van der Waals surface area contributed by atoms with Crippen molar-refractivity contribution in [3.8, 4) is 11.5 Å². The number of ether oxygens (including phenoxy) is 1. The number of nitrogens with zero attached hydrogens (tertiary/aromatic N) is 1. The van der Waals surface area contributed by atoms with Gasteiger partial charge in [-0.3, -0.25) is 4.98 Å². The number of aromatic nitrogens is 1. The van der Waals surface area contributed by atoms with Crippen molar-refractivity contribution in [3.05, 3.63) is 52.3 Å². The molecule has 0 radical (unpaired) electrons. The summed E-state index contributed by atoms with van der Waals surface area (Å²) in [5, 5.41) is 1.06. The lowest BCUT2D eigenvalue weighted by Gasteiger charge is -2.07. The highest BCUT2D eigenvalue weighted by atomic mass is 35.5. The molecule has 0 aliphatic rings. The highest BCUT2D eigenvalue weighted by Gasteiger charge is 2.02. The van der Waals surface area contributed by atoms with E-state index in [0.717, 1.165) is 12.0 Å². The average Bonchev–Trinajstić information content (AvgIpc) is 2.28. The van der Waals surface area contributed by atoms with Crippen LogP contribution in [0.25, 0.3) is 0 Å². The molecule has 0 saturated carbocycles. The Kier molecular flexibility index (Phi) is 4.42. The quantitative estimate of drug-likeness (QED) is 0.931. The summed E-state index contributed by atoms with van der Waals surface area (Å²) in [6, 6.07) is 6.94. The average molecular weight is 283 g/mol. The second-order valence-electron chi connectivity index (χ2n) is 3.77. The summed E-state index contributed by atoms with van der Waals surface area (Å²) < 4.78 is 5.65. The number of pyridine rings is 1. The van der Waals surface area contributed by atoms with E-state index in [2.05, 4.69) is 4.98 Å². The summed E-state index contributed by atoms with van der Waals surface area (Å²) >= 11 is 11.8. The van der Waals surface area contributed by atoms with Crippen LogP contribution in [0, 0.1) is 0 Å². The van der Waals surface area contributed by atoms with Crippen LogP contribution in [0.15, 0.2) is 36.7 Å². The van der Waals surface area contributed by atoms with Gasteiger partial charge >= 0.3 is 0 Å². The van der Waals surface area contributed by atoms with E-state index >= 15 is 0 Å². The van der Waals surface area contributed by atoms with Crippen molar-refractivity contribution in [1.29, 1.82) is 0 Å². The fourth-order valence-corrected chi connectivity index (χ4v) is 2.05. The first-order valence-electron chi connectivity index (χ1n) is 5.45. The van der Waals surface area contributed by atoms with Crippen LogP contribution in [0.4, 0.5) is 0 Å². The number of benzene rings is 1. The minimum absolute atomic E-state index is 0.531. The van der Waals surface area contributed by atoms with Gasteiger partial charge in [0.1, 0.15) is 11.5 Å². The Labute approximate surface area is 115 Å². The van der Waals surface area contributed by atoms with Crippen molar-refractivity contribution in [2.24, 2.45) is 5.73 Å². The van der Waals surface area contributed by atoms with Gasteiger partial charge in [-0.05, 0) is 42.8 Å². The van der Waals surface area contributed by atoms with E-state index in [4.69, 9.17) is 33.7 Å². The summed E-state index contributed by atoms with van der Waals surface area (Å²) in [6.07, 6.45) is 4.17. The minimum Gasteiger partial charge on any atom is -0.456 e. The van der Waals surface area contributed by atoms with Crippen LogP contribution in [-0.2, 0) is 6.42 Å². The third-order valence-corrected chi connectivity index (χ3v) is 2.71. The van der Waals surface area contributed by atoms with Crippen LogP contribution in [0.1, 0.15) is 5.56 Å². The first-order valence-corrected chi connectivity index (χ1v) is 6.21. The maximum absolute atomic E-state index is 5.90. The van der Waals surface area contributed by atoms with E-state index in [0.29, 0.717) is 28.1 Å². The van der Waals surface area contributed by atoms with E-state index in [9.17, 15) is 0 Å². The lowest BCUT2D eigenvalue weighted by Crippen LogP contribution is -2.03. The Morgan fingerprint density at radius 3 is 2.39 bits per heavy atom. The van der Waals surface area contributed by atoms with Crippen molar-refractivity contribution >= 4 is 23.2 Å². The van der Waals surface area contributed by atoms with Crippen molar-refractivity contribution in [3.63, 3.8) is 0 Å². The van der Waals surface area contributed by atoms with Gasteiger partial charge in [0.05, 0.1) is 6.20 Å². The maximum Gasteiger partial charge on any atom is 0.145 e. The fraction of sp³-hybridized carbons (Fsp3) is 0.154. The largest absolute Gasteiger partial charge is 0.456 e. The number of rotatable bonds is 4. The molecule has 18 heavy (non-hydrogen) atoms. The van der Waals surface area contributed by atoms with E-state index in [-0.39, 0.29) is 0 Å². The van der Waals surface area contributed by atoms with Crippen molar-refractivity contribution in [1.82, 2.24) is 4.98 Å². The Morgan fingerprint density at radius 1 is 1.00 bits per heavy atom. The summed E-state index contributed by atoms with van der Waals surface area (Å²) in [5.74, 6) is 1.22. The van der Waals surface area contributed by atoms with Gasteiger partial charge in [0, 0.05) is 16.2 Å². The van der Waals surface area contributed by atoms with E-state index in [1.807, 2.05) is 6.07 Å². The van der Waals surface area contributed by atoms with Crippen LogP contribution in [-0.4, -0.2) is 11.5 Å². The zero-order valence-corrected chi connectivity index (χ0v) is 11.1. The topological polar surface area (TPSA) is 48.1 Å². The first kappa shape index (κ1) is 13.1. The predicted octanol–water partition coefficient (Wildman–Crippen LogP) is 3.68. The fourth-order valence-electron chi connectivity index (χ4n) is 1.55.